The minimum Gasteiger partial charge on any atom is -0.489 e. The van der Waals surface area contributed by atoms with Gasteiger partial charge in [-0.1, -0.05) is 30.7 Å². The lowest BCUT2D eigenvalue weighted by molar-refractivity contribution is -0.117. The molecule has 160 valence electrons. The van der Waals surface area contributed by atoms with Gasteiger partial charge in [0, 0.05) is 32.5 Å². The number of benzene rings is 1. The summed E-state index contributed by atoms with van der Waals surface area (Å²) < 4.78 is 6.20. The molecular weight excluding hydrogens is 400 g/mol. The second-order valence-corrected chi connectivity index (χ2v) is 8.94. The Bertz CT molecular complexity index is 901. The highest BCUT2D eigenvalue weighted by atomic mass is 35.5. The van der Waals surface area contributed by atoms with Gasteiger partial charge in [-0.25, -0.2) is 4.98 Å². The summed E-state index contributed by atoms with van der Waals surface area (Å²) in [6, 6.07) is 8.65. The van der Waals surface area contributed by atoms with Crippen LogP contribution in [-0.4, -0.2) is 48.0 Å². The number of hydrogen-bond donors (Lipinski definition) is 0. The minimum atomic E-state index is 0.0844. The first-order valence-electron chi connectivity index (χ1n) is 10.7. The van der Waals surface area contributed by atoms with E-state index in [0.717, 1.165) is 42.6 Å². The molecular formula is C23H29ClN4O2. The smallest absolute Gasteiger partial charge is 0.227 e. The van der Waals surface area contributed by atoms with E-state index in [1.165, 1.54) is 12.8 Å². The molecule has 0 N–H and O–H groups in total. The summed E-state index contributed by atoms with van der Waals surface area (Å²) in [6.07, 6.45) is 5.66. The van der Waals surface area contributed by atoms with Gasteiger partial charge in [0.2, 0.25) is 5.95 Å². The standard InChI is InChI=1S/C23H29ClN4O2/c1-15(12-16(2)29)17-4-8-19(9-5-17)30-20-10-11-28(14-20)22-21(24)13-25-23(26-22)27(3)18-6-7-18/h4-5,8-9,13,15,18,20H,6-7,10-12,14H2,1-3H3/t15-,20-/m1/s1. The zero-order valence-electron chi connectivity index (χ0n) is 17.8. The molecule has 2 fully saturated rings. The summed E-state index contributed by atoms with van der Waals surface area (Å²) in [7, 11) is 2.04. The van der Waals surface area contributed by atoms with Gasteiger partial charge >= 0.3 is 0 Å². The van der Waals surface area contributed by atoms with Crippen molar-refractivity contribution in [1.29, 1.82) is 0 Å². The maximum Gasteiger partial charge on any atom is 0.227 e. The first-order chi connectivity index (χ1) is 14.4. The molecule has 1 aromatic carbocycles. The largest absolute Gasteiger partial charge is 0.489 e. The summed E-state index contributed by atoms with van der Waals surface area (Å²) in [5, 5.41) is 0.576. The zero-order valence-corrected chi connectivity index (χ0v) is 18.6. The van der Waals surface area contributed by atoms with Gasteiger partial charge in [0.15, 0.2) is 5.82 Å². The van der Waals surface area contributed by atoms with Crippen molar-refractivity contribution < 1.29 is 9.53 Å². The maximum atomic E-state index is 11.3. The fraction of sp³-hybridized carbons (Fsp3) is 0.522. The van der Waals surface area contributed by atoms with Crippen LogP contribution in [0.3, 0.4) is 0 Å². The van der Waals surface area contributed by atoms with Crippen LogP contribution in [0.25, 0.3) is 0 Å². The number of ketones is 1. The van der Waals surface area contributed by atoms with Crippen molar-refractivity contribution in [2.75, 3.05) is 29.9 Å². The number of ether oxygens (including phenoxy) is 1. The Morgan fingerprint density at radius 1 is 1.30 bits per heavy atom. The van der Waals surface area contributed by atoms with Gasteiger partial charge in [0.25, 0.3) is 0 Å². The van der Waals surface area contributed by atoms with E-state index in [-0.39, 0.29) is 17.8 Å². The molecule has 2 aromatic rings. The molecule has 2 aliphatic rings. The Labute approximate surface area is 183 Å². The molecule has 0 spiro atoms. The van der Waals surface area contributed by atoms with Gasteiger partial charge in [0.1, 0.15) is 22.7 Å². The Balaban J connectivity index is 1.38. The first-order valence-corrected chi connectivity index (χ1v) is 11.0. The lowest BCUT2D eigenvalue weighted by Crippen LogP contribution is -2.27. The van der Waals surface area contributed by atoms with Crippen LogP contribution in [0.15, 0.2) is 30.5 Å². The molecule has 0 bridgehead atoms. The van der Waals surface area contributed by atoms with Crippen LogP contribution < -0.4 is 14.5 Å². The van der Waals surface area contributed by atoms with Crippen LogP contribution in [0.2, 0.25) is 5.02 Å². The molecule has 0 unspecified atom stereocenters. The zero-order chi connectivity index (χ0) is 21.3. The van der Waals surface area contributed by atoms with Crippen LogP contribution in [0.4, 0.5) is 11.8 Å². The fourth-order valence-electron chi connectivity index (χ4n) is 4.00. The molecule has 2 heterocycles. The van der Waals surface area contributed by atoms with Gasteiger partial charge in [-0.2, -0.15) is 4.98 Å². The number of rotatable bonds is 8. The van der Waals surface area contributed by atoms with Crippen LogP contribution in [0.1, 0.15) is 51.0 Å². The van der Waals surface area contributed by atoms with E-state index in [4.69, 9.17) is 21.3 Å². The summed E-state index contributed by atoms with van der Waals surface area (Å²) in [5.41, 5.74) is 1.16. The maximum absolute atomic E-state index is 11.3. The Morgan fingerprint density at radius 3 is 2.70 bits per heavy atom. The van der Waals surface area contributed by atoms with Crippen molar-refractivity contribution in [3.8, 4) is 5.75 Å². The second-order valence-electron chi connectivity index (χ2n) is 8.53. The molecule has 7 heteroatoms. The molecule has 0 amide bonds. The molecule has 1 saturated carbocycles. The van der Waals surface area contributed by atoms with Crippen molar-refractivity contribution in [3.63, 3.8) is 0 Å². The number of nitrogens with zero attached hydrogens (tertiary/aromatic N) is 4. The quantitative estimate of drug-likeness (QED) is 0.618. The molecule has 4 rings (SSSR count). The number of halogens is 1. The van der Waals surface area contributed by atoms with E-state index in [0.29, 0.717) is 17.5 Å². The summed E-state index contributed by atoms with van der Waals surface area (Å²) in [5.74, 6) is 2.80. The number of anilines is 2. The average molecular weight is 429 g/mol. The van der Waals surface area contributed by atoms with Crippen LogP contribution in [0, 0.1) is 0 Å². The predicted molar refractivity (Wildman–Crippen MR) is 120 cm³/mol. The van der Waals surface area contributed by atoms with E-state index in [1.807, 2.05) is 19.2 Å². The van der Waals surface area contributed by atoms with Gasteiger partial charge in [-0.3, -0.25) is 0 Å². The van der Waals surface area contributed by atoms with Gasteiger partial charge < -0.3 is 19.3 Å². The van der Waals surface area contributed by atoms with Crippen molar-refractivity contribution in [2.45, 2.75) is 57.6 Å². The number of hydrogen-bond acceptors (Lipinski definition) is 6. The lowest BCUT2D eigenvalue weighted by atomic mass is 9.96. The molecule has 2 atom stereocenters. The molecule has 1 aliphatic carbocycles. The monoisotopic (exact) mass is 428 g/mol. The van der Waals surface area contributed by atoms with Crippen molar-refractivity contribution in [1.82, 2.24) is 9.97 Å². The second kappa shape index (κ2) is 8.80. The molecule has 6 nitrogen and oxygen atoms in total. The summed E-state index contributed by atoms with van der Waals surface area (Å²) in [6.45, 7) is 5.30. The van der Waals surface area contributed by atoms with Crippen molar-refractivity contribution >= 4 is 29.2 Å². The van der Waals surface area contributed by atoms with Crippen LogP contribution in [-0.2, 0) is 4.79 Å². The molecule has 1 aliphatic heterocycles. The Morgan fingerprint density at radius 2 is 2.03 bits per heavy atom. The number of Topliss-reactive ketones (excluding diaryl/α,β-unsaturated/α-hetero) is 1. The highest BCUT2D eigenvalue weighted by Gasteiger charge is 2.30. The Hall–Kier alpha value is -2.34. The Kier molecular flexibility index (Phi) is 6.14. The van der Waals surface area contributed by atoms with Gasteiger partial charge in [-0.15, -0.1) is 0 Å². The van der Waals surface area contributed by atoms with E-state index in [1.54, 1.807) is 13.1 Å². The topological polar surface area (TPSA) is 58.6 Å². The van der Waals surface area contributed by atoms with Crippen molar-refractivity contribution in [3.05, 3.63) is 41.0 Å². The fourth-order valence-corrected chi connectivity index (χ4v) is 4.21. The van der Waals surface area contributed by atoms with E-state index in [2.05, 4.69) is 33.8 Å². The highest BCUT2D eigenvalue weighted by Crippen LogP contribution is 2.33. The summed E-state index contributed by atoms with van der Waals surface area (Å²) >= 11 is 6.42. The third kappa shape index (κ3) is 4.86. The van der Waals surface area contributed by atoms with Gasteiger partial charge in [0.05, 0.1) is 12.7 Å². The first kappa shape index (κ1) is 20.9. The normalized spacial score (nSPS) is 19.6. The van der Waals surface area contributed by atoms with Crippen molar-refractivity contribution in [2.24, 2.45) is 0 Å². The third-order valence-electron chi connectivity index (χ3n) is 5.91. The number of carbonyl (C=O) groups is 1. The van der Waals surface area contributed by atoms with E-state index in [9.17, 15) is 4.79 Å². The molecule has 1 saturated heterocycles. The summed E-state index contributed by atoms with van der Waals surface area (Å²) in [4.78, 5) is 24.8. The SMILES string of the molecule is CC(=O)C[C@@H](C)c1ccc(O[C@@H]2CCN(c3nc(N(C)C4CC4)ncc3Cl)C2)cc1. The van der Waals surface area contributed by atoms with Crippen LogP contribution in [0.5, 0.6) is 5.75 Å². The molecule has 30 heavy (non-hydrogen) atoms. The van der Waals surface area contributed by atoms with E-state index >= 15 is 0 Å². The van der Waals surface area contributed by atoms with Crippen LogP contribution >= 0.6 is 11.6 Å². The third-order valence-corrected chi connectivity index (χ3v) is 6.18. The minimum absolute atomic E-state index is 0.0844. The molecule has 1 aromatic heterocycles. The van der Waals surface area contributed by atoms with E-state index < -0.39 is 0 Å². The average Bonchev–Trinajstić information content (AvgIpc) is 3.47. The lowest BCUT2D eigenvalue weighted by Gasteiger charge is -2.22. The number of carbonyl (C=O) groups excluding carboxylic acids is 1. The van der Waals surface area contributed by atoms with Gasteiger partial charge in [-0.05, 0) is 43.4 Å². The highest BCUT2D eigenvalue weighted by molar-refractivity contribution is 6.32. The number of aromatic nitrogens is 2. The predicted octanol–water partition coefficient (Wildman–Crippen LogP) is 4.47. The molecule has 0 radical (unpaired) electrons.